The topological polar surface area (TPSA) is 96.8 Å². The van der Waals surface area contributed by atoms with Gasteiger partial charge in [0.15, 0.2) is 11.5 Å². The molecule has 2 aromatic rings. The van der Waals surface area contributed by atoms with Gasteiger partial charge in [0.1, 0.15) is 5.69 Å². The first-order valence-corrected chi connectivity index (χ1v) is 8.58. The van der Waals surface area contributed by atoms with Gasteiger partial charge in [-0.1, -0.05) is 0 Å². The van der Waals surface area contributed by atoms with Crippen LogP contribution in [0.15, 0.2) is 35.4 Å². The van der Waals surface area contributed by atoms with Gasteiger partial charge in [-0.3, -0.25) is 9.69 Å². The van der Waals surface area contributed by atoms with Crippen molar-refractivity contribution in [3.8, 4) is 0 Å². The lowest BCUT2D eigenvalue weighted by molar-refractivity contribution is 0.0594. The maximum atomic E-state index is 13.0. The summed E-state index contributed by atoms with van der Waals surface area (Å²) in [6.07, 6.45) is 3.96. The van der Waals surface area contributed by atoms with Crippen LogP contribution < -0.4 is 20.5 Å². The van der Waals surface area contributed by atoms with Gasteiger partial charge in [0, 0.05) is 38.6 Å². The fourth-order valence-electron chi connectivity index (χ4n) is 3.54. The second-order valence-electron chi connectivity index (χ2n) is 6.61. The summed E-state index contributed by atoms with van der Waals surface area (Å²) in [5.41, 5.74) is 0.832. The molecule has 0 aromatic carbocycles. The van der Waals surface area contributed by atoms with Gasteiger partial charge in [-0.15, -0.1) is 0 Å². The minimum atomic E-state index is -0.567. The summed E-state index contributed by atoms with van der Waals surface area (Å²) in [7, 11) is 3.05. The van der Waals surface area contributed by atoms with E-state index in [0.717, 1.165) is 18.7 Å². The number of methoxy groups -OCH3 is 1. The third-order valence-corrected chi connectivity index (χ3v) is 4.87. The summed E-state index contributed by atoms with van der Waals surface area (Å²) in [6, 6.07) is 4.24. The Labute approximate surface area is 155 Å². The lowest BCUT2D eigenvalue weighted by Gasteiger charge is -2.35. The van der Waals surface area contributed by atoms with E-state index in [1.165, 1.54) is 18.1 Å². The third-order valence-electron chi connectivity index (χ3n) is 4.87. The van der Waals surface area contributed by atoms with Gasteiger partial charge in [-0.05, 0) is 18.6 Å². The number of aryl methyl sites for hydroxylation is 1. The molecule has 2 aliphatic rings. The summed E-state index contributed by atoms with van der Waals surface area (Å²) < 4.78 is 6.43. The number of hydrogen-bond acceptors (Lipinski definition) is 6. The monoisotopic (exact) mass is 369 g/mol. The fraction of sp³-hybridized carbons (Fsp3) is 0.333. The number of nitrogens with zero attached hydrogens (tertiary/aromatic N) is 4. The van der Waals surface area contributed by atoms with Gasteiger partial charge in [-0.25, -0.2) is 14.6 Å². The molecular weight excluding hydrogens is 350 g/mol. The zero-order chi connectivity index (χ0) is 19.1. The number of amides is 2. The van der Waals surface area contributed by atoms with Crippen LogP contribution >= 0.6 is 0 Å². The van der Waals surface area contributed by atoms with Crippen LogP contribution in [0, 0.1) is 0 Å². The number of anilines is 3. The fourth-order valence-corrected chi connectivity index (χ4v) is 3.54. The SMILES string of the molecule is COC(=O)c1ccc2c(n1)N(C(=O)Nc1cn(C)ccc1=O)C1CCN2C1. The number of pyridine rings is 2. The molecule has 27 heavy (non-hydrogen) atoms. The zero-order valence-corrected chi connectivity index (χ0v) is 15.0. The predicted molar refractivity (Wildman–Crippen MR) is 99.4 cm³/mol. The van der Waals surface area contributed by atoms with E-state index in [1.807, 2.05) is 0 Å². The van der Waals surface area contributed by atoms with Crippen molar-refractivity contribution in [2.45, 2.75) is 12.5 Å². The zero-order valence-electron chi connectivity index (χ0n) is 15.0. The first-order valence-electron chi connectivity index (χ1n) is 8.58. The molecule has 9 nitrogen and oxygen atoms in total. The second-order valence-corrected chi connectivity index (χ2v) is 6.61. The molecule has 1 atom stereocenters. The molecule has 9 heteroatoms. The molecule has 140 valence electrons. The van der Waals surface area contributed by atoms with Crippen molar-refractivity contribution >= 4 is 29.2 Å². The van der Waals surface area contributed by atoms with Gasteiger partial charge >= 0.3 is 12.0 Å². The van der Waals surface area contributed by atoms with Crippen molar-refractivity contribution in [1.82, 2.24) is 9.55 Å². The van der Waals surface area contributed by atoms with E-state index in [1.54, 1.807) is 36.1 Å². The summed E-state index contributed by atoms with van der Waals surface area (Å²) in [5, 5.41) is 2.69. The normalized spacial score (nSPS) is 17.5. The quantitative estimate of drug-likeness (QED) is 0.799. The number of urea groups is 1. The number of esters is 1. The standard InChI is InChI=1S/C18H19N5O4/c1-21-7-6-15(24)13(10-21)20-18(26)23-11-5-8-22(9-11)14-4-3-12(17(25)27-2)19-16(14)23/h3-4,6-7,10-11H,5,8-9H2,1-2H3,(H,20,26). The average molecular weight is 369 g/mol. The molecule has 2 aromatic heterocycles. The molecule has 0 spiro atoms. The Hall–Kier alpha value is -3.36. The first kappa shape index (κ1) is 17.1. The average Bonchev–Trinajstić information content (AvgIpc) is 3.08. The molecule has 1 saturated heterocycles. The molecule has 1 fully saturated rings. The van der Waals surface area contributed by atoms with Crippen LogP contribution in [0.1, 0.15) is 16.9 Å². The number of carbonyl (C=O) groups is 2. The highest BCUT2D eigenvalue weighted by atomic mass is 16.5. The minimum Gasteiger partial charge on any atom is -0.464 e. The van der Waals surface area contributed by atoms with Crippen molar-refractivity contribution in [1.29, 1.82) is 0 Å². The number of nitrogens with one attached hydrogen (secondary N) is 1. The maximum Gasteiger partial charge on any atom is 0.356 e. The van der Waals surface area contributed by atoms with Crippen LogP contribution in [0.5, 0.6) is 0 Å². The van der Waals surface area contributed by atoms with E-state index in [-0.39, 0.29) is 22.9 Å². The number of aromatic nitrogens is 2. The highest BCUT2D eigenvalue weighted by Crippen LogP contribution is 2.39. The van der Waals surface area contributed by atoms with Gasteiger partial charge < -0.3 is 19.5 Å². The smallest absolute Gasteiger partial charge is 0.356 e. The number of carbonyl (C=O) groups excluding carboxylic acids is 2. The maximum absolute atomic E-state index is 13.0. The van der Waals surface area contributed by atoms with Crippen molar-refractivity contribution in [3.63, 3.8) is 0 Å². The predicted octanol–water partition coefficient (Wildman–Crippen LogP) is 1.20. The highest BCUT2D eigenvalue weighted by molar-refractivity contribution is 6.05. The summed E-state index contributed by atoms with van der Waals surface area (Å²) >= 11 is 0. The Morgan fingerprint density at radius 3 is 2.89 bits per heavy atom. The van der Waals surface area contributed by atoms with Crippen molar-refractivity contribution in [2.24, 2.45) is 7.05 Å². The van der Waals surface area contributed by atoms with E-state index in [9.17, 15) is 14.4 Å². The van der Waals surface area contributed by atoms with Crippen LogP contribution in [-0.4, -0.2) is 47.8 Å². The van der Waals surface area contributed by atoms with E-state index < -0.39 is 12.0 Å². The van der Waals surface area contributed by atoms with Crippen molar-refractivity contribution < 1.29 is 14.3 Å². The van der Waals surface area contributed by atoms with Crippen LogP contribution in [0.4, 0.5) is 22.0 Å². The van der Waals surface area contributed by atoms with Gasteiger partial charge in [0.25, 0.3) is 0 Å². The molecular formula is C18H19N5O4. The minimum absolute atomic E-state index is 0.0783. The number of hydrogen-bond donors (Lipinski definition) is 1. The van der Waals surface area contributed by atoms with Crippen LogP contribution in [0.3, 0.4) is 0 Å². The summed E-state index contributed by atoms with van der Waals surface area (Å²) in [6.45, 7) is 1.49. The first-order chi connectivity index (χ1) is 13.0. The van der Waals surface area contributed by atoms with Gasteiger partial charge in [-0.2, -0.15) is 0 Å². The molecule has 2 aliphatic heterocycles. The molecule has 4 rings (SSSR count). The van der Waals surface area contributed by atoms with E-state index in [0.29, 0.717) is 12.4 Å². The molecule has 0 aliphatic carbocycles. The summed E-state index contributed by atoms with van der Waals surface area (Å²) in [5.74, 6) is -0.167. The van der Waals surface area contributed by atoms with Crippen LogP contribution in [-0.2, 0) is 11.8 Å². The Morgan fingerprint density at radius 1 is 1.30 bits per heavy atom. The Bertz CT molecular complexity index is 986. The van der Waals surface area contributed by atoms with Crippen molar-refractivity contribution in [3.05, 3.63) is 46.5 Å². The molecule has 0 radical (unpaired) electrons. The van der Waals surface area contributed by atoms with Crippen molar-refractivity contribution in [2.75, 3.05) is 35.3 Å². The molecule has 1 N–H and O–H groups in total. The Kier molecular flexibility index (Phi) is 4.06. The molecule has 0 saturated carbocycles. The highest BCUT2D eigenvalue weighted by Gasteiger charge is 2.40. The Balaban J connectivity index is 1.72. The van der Waals surface area contributed by atoms with Crippen LogP contribution in [0.2, 0.25) is 0 Å². The third kappa shape index (κ3) is 2.90. The van der Waals surface area contributed by atoms with E-state index >= 15 is 0 Å². The second kappa shape index (κ2) is 6.42. The van der Waals surface area contributed by atoms with Gasteiger partial charge in [0.2, 0.25) is 5.43 Å². The van der Waals surface area contributed by atoms with E-state index in [2.05, 4.69) is 15.2 Å². The number of ether oxygens (including phenoxy) is 1. The lowest BCUT2D eigenvalue weighted by Crippen LogP contribution is -2.48. The lowest BCUT2D eigenvalue weighted by atomic mass is 10.1. The van der Waals surface area contributed by atoms with Crippen LogP contribution in [0.25, 0.3) is 0 Å². The molecule has 2 amide bonds. The van der Waals surface area contributed by atoms with E-state index in [4.69, 9.17) is 4.74 Å². The van der Waals surface area contributed by atoms with Gasteiger partial charge in [0.05, 0.1) is 18.8 Å². The number of fused-ring (bicyclic) bond motifs is 4. The number of rotatable bonds is 2. The molecule has 1 unspecified atom stereocenters. The molecule has 4 heterocycles. The molecule has 2 bridgehead atoms. The largest absolute Gasteiger partial charge is 0.464 e. The Morgan fingerprint density at radius 2 is 2.11 bits per heavy atom. The summed E-state index contributed by atoms with van der Waals surface area (Å²) in [4.78, 5) is 45.0.